The Labute approximate surface area is 240 Å². The van der Waals surface area contributed by atoms with Crippen LogP contribution >= 0.6 is 0 Å². The van der Waals surface area contributed by atoms with E-state index < -0.39 is 0 Å². The normalized spacial score (nSPS) is 13.1. The molecule has 41 heavy (non-hydrogen) atoms. The zero-order chi connectivity index (χ0) is 28.1. The Morgan fingerprint density at radius 1 is 0.439 bits per heavy atom. The van der Waals surface area contributed by atoms with Gasteiger partial charge in [0.1, 0.15) is 0 Å². The summed E-state index contributed by atoms with van der Waals surface area (Å²) in [6.45, 7) is 8.66. The SMILES string of the molecule is Cc1ccc(-c2cc(-c3ccc4c(c3)C(C)(C)c3cc(-c5ccnc(-c6ccc(C)nc6)c5)ccc3-4)ccn2)cn1. The van der Waals surface area contributed by atoms with E-state index in [9.17, 15) is 0 Å². The second kappa shape index (κ2) is 9.60. The molecular formula is C37H30N4. The van der Waals surface area contributed by atoms with Crippen molar-refractivity contribution in [3.63, 3.8) is 0 Å². The van der Waals surface area contributed by atoms with Gasteiger partial charge in [-0.05, 0) is 119 Å². The number of fused-ring (bicyclic) bond motifs is 3. The van der Waals surface area contributed by atoms with Crippen molar-refractivity contribution in [2.45, 2.75) is 33.1 Å². The fraction of sp³-hybridized carbons (Fsp3) is 0.135. The molecule has 4 heteroatoms. The van der Waals surface area contributed by atoms with E-state index in [2.05, 4.69) is 107 Å². The van der Waals surface area contributed by atoms with Gasteiger partial charge in [0.25, 0.3) is 0 Å². The highest BCUT2D eigenvalue weighted by Gasteiger charge is 2.35. The fourth-order valence-corrected chi connectivity index (χ4v) is 5.87. The van der Waals surface area contributed by atoms with Crippen molar-refractivity contribution >= 4 is 0 Å². The van der Waals surface area contributed by atoms with Crippen LogP contribution in [0.25, 0.3) is 55.9 Å². The molecule has 0 amide bonds. The summed E-state index contributed by atoms with van der Waals surface area (Å²) in [6, 6.07) is 30.4. The third kappa shape index (κ3) is 4.42. The molecule has 0 spiro atoms. The second-order valence-corrected chi connectivity index (χ2v) is 11.4. The largest absolute Gasteiger partial charge is 0.261 e. The van der Waals surface area contributed by atoms with Crippen molar-refractivity contribution in [3.05, 3.63) is 132 Å². The first-order valence-corrected chi connectivity index (χ1v) is 14.0. The maximum Gasteiger partial charge on any atom is 0.0723 e. The third-order valence-corrected chi connectivity index (χ3v) is 8.28. The average molecular weight is 531 g/mol. The summed E-state index contributed by atoms with van der Waals surface area (Å²) in [7, 11) is 0. The minimum atomic E-state index is -0.135. The minimum Gasteiger partial charge on any atom is -0.261 e. The molecule has 6 aromatic rings. The van der Waals surface area contributed by atoms with Crippen molar-refractivity contribution in [1.29, 1.82) is 0 Å². The zero-order valence-electron chi connectivity index (χ0n) is 23.7. The zero-order valence-corrected chi connectivity index (χ0v) is 23.7. The van der Waals surface area contributed by atoms with Gasteiger partial charge in [0.05, 0.1) is 11.4 Å². The first kappa shape index (κ1) is 25.0. The molecule has 4 aromatic heterocycles. The lowest BCUT2D eigenvalue weighted by Crippen LogP contribution is -2.15. The lowest BCUT2D eigenvalue weighted by Gasteiger charge is -2.22. The number of pyridine rings is 4. The van der Waals surface area contributed by atoms with Crippen LogP contribution in [-0.2, 0) is 5.41 Å². The lowest BCUT2D eigenvalue weighted by atomic mass is 9.81. The van der Waals surface area contributed by atoms with Crippen molar-refractivity contribution < 1.29 is 0 Å². The van der Waals surface area contributed by atoms with Gasteiger partial charge < -0.3 is 0 Å². The summed E-state index contributed by atoms with van der Waals surface area (Å²) >= 11 is 0. The van der Waals surface area contributed by atoms with Crippen molar-refractivity contribution in [2.24, 2.45) is 0 Å². The molecule has 0 saturated heterocycles. The maximum atomic E-state index is 4.62. The molecule has 0 radical (unpaired) electrons. The Kier molecular flexibility index (Phi) is 5.86. The average Bonchev–Trinajstić information content (AvgIpc) is 3.23. The molecule has 0 saturated carbocycles. The van der Waals surface area contributed by atoms with E-state index in [-0.39, 0.29) is 5.41 Å². The smallest absolute Gasteiger partial charge is 0.0723 e. The molecule has 0 aliphatic heterocycles. The molecule has 0 fully saturated rings. The number of aromatic nitrogens is 4. The molecule has 0 N–H and O–H groups in total. The van der Waals surface area contributed by atoms with E-state index in [0.29, 0.717) is 0 Å². The Morgan fingerprint density at radius 3 is 1.27 bits per heavy atom. The van der Waals surface area contributed by atoms with Crippen LogP contribution in [0.4, 0.5) is 0 Å². The van der Waals surface area contributed by atoms with Crippen LogP contribution in [0.1, 0.15) is 36.4 Å². The van der Waals surface area contributed by atoms with E-state index in [1.54, 1.807) is 0 Å². The third-order valence-electron chi connectivity index (χ3n) is 8.28. The lowest BCUT2D eigenvalue weighted by molar-refractivity contribution is 0.661. The Hall–Kier alpha value is -4.96. The van der Waals surface area contributed by atoms with E-state index in [4.69, 9.17) is 0 Å². The monoisotopic (exact) mass is 530 g/mol. The van der Waals surface area contributed by atoms with Crippen molar-refractivity contribution in [1.82, 2.24) is 19.9 Å². The number of benzene rings is 2. The standard InChI is InChI=1S/C37H30N4/c1-23-5-7-29(21-40-23)35-19-27(13-15-38-35)25-9-11-31-32-12-10-26(18-34(32)37(3,4)33(31)17-25)28-14-16-39-36(20-28)30-8-6-24(2)41-22-30/h5-22H,1-4H3. The van der Waals surface area contributed by atoms with Crippen LogP contribution in [0.3, 0.4) is 0 Å². The summed E-state index contributed by atoms with van der Waals surface area (Å²) in [5.41, 5.74) is 15.8. The number of rotatable bonds is 4. The quantitative estimate of drug-likeness (QED) is 0.228. The van der Waals surface area contributed by atoms with Gasteiger partial charge in [-0.2, -0.15) is 0 Å². The Balaban J connectivity index is 1.24. The van der Waals surface area contributed by atoms with Crippen LogP contribution in [0.5, 0.6) is 0 Å². The summed E-state index contributed by atoms with van der Waals surface area (Å²) in [5, 5.41) is 0. The van der Waals surface area contributed by atoms with Gasteiger partial charge in [0, 0.05) is 52.7 Å². The molecule has 0 atom stereocenters. The Bertz CT molecular complexity index is 1780. The number of aryl methyl sites for hydroxylation is 2. The van der Waals surface area contributed by atoms with E-state index in [1.165, 1.54) is 33.4 Å². The molecule has 4 heterocycles. The molecule has 2 aromatic carbocycles. The van der Waals surface area contributed by atoms with Crippen molar-refractivity contribution in [3.8, 4) is 55.9 Å². The fourth-order valence-electron chi connectivity index (χ4n) is 5.87. The molecule has 4 nitrogen and oxygen atoms in total. The van der Waals surface area contributed by atoms with Crippen molar-refractivity contribution in [2.75, 3.05) is 0 Å². The van der Waals surface area contributed by atoms with Crippen LogP contribution in [0.15, 0.2) is 110 Å². The molecule has 198 valence electrons. The highest BCUT2D eigenvalue weighted by Crippen LogP contribution is 2.50. The van der Waals surface area contributed by atoms with E-state index >= 15 is 0 Å². The second-order valence-electron chi connectivity index (χ2n) is 11.4. The first-order valence-electron chi connectivity index (χ1n) is 14.0. The molecular weight excluding hydrogens is 500 g/mol. The first-order chi connectivity index (χ1) is 19.9. The van der Waals surface area contributed by atoms with Crippen LogP contribution in [-0.4, -0.2) is 19.9 Å². The topological polar surface area (TPSA) is 51.6 Å². The maximum absolute atomic E-state index is 4.62. The summed E-state index contributed by atoms with van der Waals surface area (Å²) in [6.07, 6.45) is 7.56. The highest BCUT2D eigenvalue weighted by molar-refractivity contribution is 5.86. The molecule has 1 aliphatic rings. The number of hydrogen-bond acceptors (Lipinski definition) is 4. The van der Waals surface area contributed by atoms with Gasteiger partial charge in [-0.1, -0.05) is 38.1 Å². The molecule has 7 rings (SSSR count). The Morgan fingerprint density at radius 2 is 0.854 bits per heavy atom. The van der Waals surface area contributed by atoms with Gasteiger partial charge in [-0.15, -0.1) is 0 Å². The van der Waals surface area contributed by atoms with Crippen LogP contribution < -0.4 is 0 Å². The molecule has 0 unspecified atom stereocenters. The highest BCUT2D eigenvalue weighted by atomic mass is 14.7. The molecule has 1 aliphatic carbocycles. The minimum absolute atomic E-state index is 0.135. The predicted octanol–water partition coefficient (Wildman–Crippen LogP) is 8.86. The van der Waals surface area contributed by atoms with E-state index in [1.807, 2.05) is 50.8 Å². The molecule has 0 bridgehead atoms. The number of hydrogen-bond donors (Lipinski definition) is 0. The van der Waals surface area contributed by atoms with Crippen LogP contribution in [0.2, 0.25) is 0 Å². The van der Waals surface area contributed by atoms with Gasteiger partial charge in [0.2, 0.25) is 0 Å². The van der Waals surface area contributed by atoms with Crippen LogP contribution in [0, 0.1) is 13.8 Å². The summed E-state index contributed by atoms with van der Waals surface area (Å²) < 4.78 is 0. The van der Waals surface area contributed by atoms with Gasteiger partial charge >= 0.3 is 0 Å². The predicted molar refractivity (Wildman–Crippen MR) is 166 cm³/mol. The number of nitrogens with zero attached hydrogens (tertiary/aromatic N) is 4. The summed E-state index contributed by atoms with van der Waals surface area (Å²) in [4.78, 5) is 18.1. The van der Waals surface area contributed by atoms with E-state index in [0.717, 1.165) is 45.0 Å². The van der Waals surface area contributed by atoms with Gasteiger partial charge in [0.15, 0.2) is 0 Å². The van der Waals surface area contributed by atoms with Gasteiger partial charge in [-0.3, -0.25) is 19.9 Å². The van der Waals surface area contributed by atoms with Gasteiger partial charge in [-0.25, -0.2) is 0 Å². The summed E-state index contributed by atoms with van der Waals surface area (Å²) in [5.74, 6) is 0.